The fourth-order valence-corrected chi connectivity index (χ4v) is 3.86. The number of ether oxygens (including phenoxy) is 1. The first-order chi connectivity index (χ1) is 14.9. The molecular formula is C22H24F3N3O2S. The standard InChI is InChI=1S/C22H24F3N3O2S/c23-22(24,25)17-13-16(20-27-28-21(31-20)18(26)14-29)10-11-19(17)30-12-6-2-5-9-15-7-3-1-4-8-15/h1,3-4,7-8,10-11,13,18,29H,2,5-6,9,12,14,26H2. The second-order valence-corrected chi connectivity index (χ2v) is 8.10. The largest absolute Gasteiger partial charge is 0.493 e. The van der Waals surface area contributed by atoms with Crippen molar-refractivity contribution in [2.75, 3.05) is 13.2 Å². The molecule has 2 aromatic carbocycles. The lowest BCUT2D eigenvalue weighted by Gasteiger charge is -2.15. The first kappa shape index (κ1) is 23.2. The van der Waals surface area contributed by atoms with E-state index in [0.29, 0.717) is 16.4 Å². The van der Waals surface area contributed by atoms with Gasteiger partial charge in [0.05, 0.1) is 24.8 Å². The quantitative estimate of drug-likeness (QED) is 0.424. The third-order valence-corrected chi connectivity index (χ3v) is 5.80. The van der Waals surface area contributed by atoms with E-state index in [1.807, 2.05) is 18.2 Å². The molecule has 0 aliphatic carbocycles. The number of hydrogen-bond donors (Lipinski definition) is 2. The Bertz CT molecular complexity index is 964. The molecule has 0 saturated heterocycles. The summed E-state index contributed by atoms with van der Waals surface area (Å²) in [5, 5.41) is 17.5. The van der Waals surface area contributed by atoms with Gasteiger partial charge in [-0.1, -0.05) is 41.7 Å². The molecule has 1 heterocycles. The van der Waals surface area contributed by atoms with Crippen LogP contribution >= 0.6 is 11.3 Å². The highest BCUT2D eigenvalue weighted by atomic mass is 32.1. The summed E-state index contributed by atoms with van der Waals surface area (Å²) in [7, 11) is 0. The van der Waals surface area contributed by atoms with Gasteiger partial charge in [-0.05, 0) is 49.4 Å². The molecule has 1 atom stereocenters. The van der Waals surface area contributed by atoms with E-state index in [1.54, 1.807) is 0 Å². The molecule has 3 aromatic rings. The molecule has 1 unspecified atom stereocenters. The van der Waals surface area contributed by atoms with E-state index in [4.69, 9.17) is 15.6 Å². The lowest BCUT2D eigenvalue weighted by atomic mass is 10.1. The van der Waals surface area contributed by atoms with Crippen LogP contribution in [-0.4, -0.2) is 28.5 Å². The zero-order chi connectivity index (χ0) is 22.3. The minimum Gasteiger partial charge on any atom is -0.493 e. The second kappa shape index (κ2) is 10.7. The van der Waals surface area contributed by atoms with Crippen LogP contribution in [0.4, 0.5) is 13.2 Å². The van der Waals surface area contributed by atoms with Crippen molar-refractivity contribution in [1.82, 2.24) is 10.2 Å². The molecule has 0 bridgehead atoms. The van der Waals surface area contributed by atoms with Crippen LogP contribution < -0.4 is 10.5 Å². The van der Waals surface area contributed by atoms with Gasteiger partial charge in [-0.3, -0.25) is 0 Å². The number of halogens is 3. The minimum atomic E-state index is -4.56. The van der Waals surface area contributed by atoms with Gasteiger partial charge >= 0.3 is 6.18 Å². The minimum absolute atomic E-state index is 0.198. The Morgan fingerprint density at radius 3 is 2.52 bits per heavy atom. The van der Waals surface area contributed by atoms with Crippen molar-refractivity contribution < 1.29 is 23.0 Å². The van der Waals surface area contributed by atoms with Crippen LogP contribution in [0.3, 0.4) is 0 Å². The molecule has 0 saturated carbocycles. The van der Waals surface area contributed by atoms with Gasteiger partial charge in [-0.25, -0.2) is 0 Å². The van der Waals surface area contributed by atoms with E-state index >= 15 is 0 Å². The summed E-state index contributed by atoms with van der Waals surface area (Å²) in [5.74, 6) is -0.198. The van der Waals surface area contributed by atoms with E-state index in [-0.39, 0.29) is 24.5 Å². The second-order valence-electron chi connectivity index (χ2n) is 7.09. The van der Waals surface area contributed by atoms with Gasteiger partial charge in [0, 0.05) is 5.56 Å². The summed E-state index contributed by atoms with van der Waals surface area (Å²) < 4.78 is 46.2. The average Bonchev–Trinajstić information content (AvgIpc) is 3.26. The van der Waals surface area contributed by atoms with E-state index in [9.17, 15) is 13.2 Å². The molecule has 0 fully saturated rings. The maximum absolute atomic E-state index is 13.6. The predicted molar refractivity (Wildman–Crippen MR) is 114 cm³/mol. The van der Waals surface area contributed by atoms with Gasteiger partial charge in [0.15, 0.2) is 0 Å². The zero-order valence-electron chi connectivity index (χ0n) is 16.8. The molecule has 0 amide bonds. The summed E-state index contributed by atoms with van der Waals surface area (Å²) >= 11 is 1.05. The highest BCUT2D eigenvalue weighted by molar-refractivity contribution is 7.14. The number of aliphatic hydroxyl groups excluding tert-OH is 1. The monoisotopic (exact) mass is 451 g/mol. The maximum Gasteiger partial charge on any atom is 0.419 e. The van der Waals surface area contributed by atoms with E-state index in [2.05, 4.69) is 22.3 Å². The smallest absolute Gasteiger partial charge is 0.419 e. The van der Waals surface area contributed by atoms with Crippen LogP contribution in [0.1, 0.15) is 41.4 Å². The molecule has 0 radical (unpaired) electrons. The number of aliphatic hydroxyl groups is 1. The number of rotatable bonds is 10. The molecule has 5 nitrogen and oxygen atoms in total. The first-order valence-electron chi connectivity index (χ1n) is 9.96. The van der Waals surface area contributed by atoms with Gasteiger partial charge < -0.3 is 15.6 Å². The predicted octanol–water partition coefficient (Wildman–Crippen LogP) is 5.01. The van der Waals surface area contributed by atoms with Crippen molar-refractivity contribution in [2.45, 2.75) is 37.9 Å². The third kappa shape index (κ3) is 6.49. The molecular weight excluding hydrogens is 427 g/mol. The van der Waals surface area contributed by atoms with Crippen molar-refractivity contribution in [1.29, 1.82) is 0 Å². The van der Waals surface area contributed by atoms with Crippen molar-refractivity contribution in [3.63, 3.8) is 0 Å². The van der Waals surface area contributed by atoms with Crippen LogP contribution in [0.2, 0.25) is 0 Å². The zero-order valence-corrected chi connectivity index (χ0v) is 17.6. The number of unbranched alkanes of at least 4 members (excludes halogenated alkanes) is 2. The van der Waals surface area contributed by atoms with Gasteiger partial charge in [0.1, 0.15) is 15.8 Å². The van der Waals surface area contributed by atoms with Crippen molar-refractivity contribution >= 4 is 11.3 Å². The highest BCUT2D eigenvalue weighted by Gasteiger charge is 2.35. The number of alkyl halides is 3. The van der Waals surface area contributed by atoms with Crippen molar-refractivity contribution in [2.24, 2.45) is 5.73 Å². The number of hydrogen-bond acceptors (Lipinski definition) is 6. The average molecular weight is 452 g/mol. The summed E-state index contributed by atoms with van der Waals surface area (Å²) in [5.41, 5.74) is 6.36. The Kier molecular flexibility index (Phi) is 8.00. The van der Waals surface area contributed by atoms with E-state index < -0.39 is 17.8 Å². The van der Waals surface area contributed by atoms with Crippen LogP contribution in [0, 0.1) is 0 Å². The molecule has 9 heteroatoms. The molecule has 3 rings (SSSR count). The number of nitrogens with two attached hydrogens (primary N) is 1. The lowest BCUT2D eigenvalue weighted by molar-refractivity contribution is -0.138. The number of aryl methyl sites for hydroxylation is 1. The van der Waals surface area contributed by atoms with Gasteiger partial charge in [0.2, 0.25) is 0 Å². The Hall–Kier alpha value is -2.49. The topological polar surface area (TPSA) is 81.3 Å². The van der Waals surface area contributed by atoms with Crippen LogP contribution in [-0.2, 0) is 12.6 Å². The Morgan fingerprint density at radius 1 is 1.03 bits per heavy atom. The van der Waals surface area contributed by atoms with E-state index in [1.165, 1.54) is 17.7 Å². The van der Waals surface area contributed by atoms with Crippen LogP contribution in [0.25, 0.3) is 10.6 Å². The van der Waals surface area contributed by atoms with Gasteiger partial charge in [-0.15, -0.1) is 10.2 Å². The summed E-state index contributed by atoms with van der Waals surface area (Å²) in [6.45, 7) is -0.105. The SMILES string of the molecule is NC(CO)c1nnc(-c2ccc(OCCCCCc3ccccc3)c(C(F)(F)F)c2)s1. The molecule has 3 N–H and O–H groups in total. The maximum atomic E-state index is 13.6. The third-order valence-electron chi connectivity index (χ3n) is 4.70. The molecule has 0 aliphatic heterocycles. The number of nitrogens with zero attached hydrogens (tertiary/aromatic N) is 2. The van der Waals surface area contributed by atoms with Gasteiger partial charge in [0.25, 0.3) is 0 Å². The first-order valence-corrected chi connectivity index (χ1v) is 10.8. The lowest BCUT2D eigenvalue weighted by Crippen LogP contribution is -2.13. The molecule has 0 aliphatic rings. The molecule has 0 spiro atoms. The van der Waals surface area contributed by atoms with Crippen molar-refractivity contribution in [3.8, 4) is 16.3 Å². The highest BCUT2D eigenvalue weighted by Crippen LogP contribution is 2.39. The Labute approximate surface area is 182 Å². The Morgan fingerprint density at radius 2 is 1.81 bits per heavy atom. The number of aromatic nitrogens is 2. The fourth-order valence-electron chi connectivity index (χ4n) is 3.02. The van der Waals surface area contributed by atoms with E-state index in [0.717, 1.165) is 36.7 Å². The molecule has 31 heavy (non-hydrogen) atoms. The Balaban J connectivity index is 1.60. The summed E-state index contributed by atoms with van der Waals surface area (Å²) in [4.78, 5) is 0. The van der Waals surface area contributed by atoms with Crippen LogP contribution in [0.5, 0.6) is 5.75 Å². The summed E-state index contributed by atoms with van der Waals surface area (Å²) in [6.07, 6.45) is -1.13. The molecule has 166 valence electrons. The fraction of sp³-hybridized carbons (Fsp3) is 0.364. The number of benzene rings is 2. The molecule has 1 aromatic heterocycles. The van der Waals surface area contributed by atoms with Crippen LogP contribution in [0.15, 0.2) is 48.5 Å². The van der Waals surface area contributed by atoms with Gasteiger partial charge in [-0.2, -0.15) is 13.2 Å². The summed E-state index contributed by atoms with van der Waals surface area (Å²) in [6, 6.07) is 13.2. The normalized spacial score (nSPS) is 12.7. The van der Waals surface area contributed by atoms with Crippen molar-refractivity contribution in [3.05, 3.63) is 64.7 Å².